The van der Waals surface area contributed by atoms with E-state index in [1.165, 1.54) is 5.56 Å². The molecule has 0 spiro atoms. The number of hydrogen-bond donors (Lipinski definition) is 2. The highest BCUT2D eigenvalue weighted by atomic mass is 79.9. The number of rotatable bonds is 7. The molecule has 0 fully saturated rings. The van der Waals surface area contributed by atoms with Crippen molar-refractivity contribution in [3.8, 4) is 11.8 Å². The van der Waals surface area contributed by atoms with E-state index in [0.29, 0.717) is 19.3 Å². The van der Waals surface area contributed by atoms with Crippen LogP contribution in [0.1, 0.15) is 24.0 Å². The van der Waals surface area contributed by atoms with Crippen LogP contribution < -0.4 is 0 Å². The zero-order chi connectivity index (χ0) is 18.8. The van der Waals surface area contributed by atoms with Crippen LogP contribution in [0.2, 0.25) is 0 Å². The van der Waals surface area contributed by atoms with Gasteiger partial charge in [-0.25, -0.2) is 0 Å². The highest BCUT2D eigenvalue weighted by molar-refractivity contribution is 9.10. The van der Waals surface area contributed by atoms with Crippen LogP contribution in [0.25, 0.3) is 0 Å². The van der Waals surface area contributed by atoms with Crippen molar-refractivity contribution in [3.05, 3.63) is 79.7 Å². The summed E-state index contributed by atoms with van der Waals surface area (Å²) in [5.41, 5.74) is 4.46. The van der Waals surface area contributed by atoms with Crippen LogP contribution in [0.5, 0.6) is 0 Å². The molecule has 2 aromatic rings. The fraction of sp³-hybridized carbons (Fsp3) is 0.273. The van der Waals surface area contributed by atoms with E-state index in [9.17, 15) is 5.11 Å². The standard InChI is InChI=1S/C22H22Br2O2/c23-21-10-3-1-8-19(21)15-17(7-5-6-13-25)18(12-14-26)16-20-9-2-4-11-22(20)24/h1-4,8-11,25-26H,6,12-16H2/b18-17+. The number of halogens is 2. The average Bonchev–Trinajstić information content (AvgIpc) is 2.64. The van der Waals surface area contributed by atoms with Gasteiger partial charge in [0.25, 0.3) is 0 Å². The normalized spacial score (nSPS) is 11.5. The van der Waals surface area contributed by atoms with Gasteiger partial charge in [-0.15, -0.1) is 0 Å². The smallest absolute Gasteiger partial charge is 0.0540 e. The maximum Gasteiger partial charge on any atom is 0.0540 e. The number of hydrogen-bond acceptors (Lipinski definition) is 2. The van der Waals surface area contributed by atoms with E-state index in [-0.39, 0.29) is 13.2 Å². The monoisotopic (exact) mass is 476 g/mol. The maximum absolute atomic E-state index is 9.58. The van der Waals surface area contributed by atoms with Gasteiger partial charge in [0.1, 0.15) is 0 Å². The van der Waals surface area contributed by atoms with E-state index < -0.39 is 0 Å². The number of aliphatic hydroxyl groups is 2. The van der Waals surface area contributed by atoms with Crippen molar-refractivity contribution in [3.63, 3.8) is 0 Å². The van der Waals surface area contributed by atoms with Gasteiger partial charge in [-0.2, -0.15) is 0 Å². The van der Waals surface area contributed by atoms with Gasteiger partial charge in [0, 0.05) is 34.0 Å². The van der Waals surface area contributed by atoms with E-state index >= 15 is 0 Å². The molecule has 4 heteroatoms. The fourth-order valence-electron chi connectivity index (χ4n) is 2.67. The van der Waals surface area contributed by atoms with Crippen molar-refractivity contribution >= 4 is 31.9 Å². The lowest BCUT2D eigenvalue weighted by atomic mass is 9.93. The third-order valence-corrected chi connectivity index (χ3v) is 5.55. The predicted octanol–water partition coefficient (Wildman–Crippen LogP) is 5.06. The maximum atomic E-state index is 9.58. The molecule has 0 aliphatic rings. The number of aliphatic hydroxyl groups excluding tert-OH is 2. The minimum Gasteiger partial charge on any atom is -0.396 e. The molecule has 0 atom stereocenters. The third-order valence-electron chi connectivity index (χ3n) is 4.00. The Labute approximate surface area is 172 Å². The summed E-state index contributed by atoms with van der Waals surface area (Å²) in [7, 11) is 0. The van der Waals surface area contributed by atoms with Gasteiger partial charge in [-0.3, -0.25) is 0 Å². The van der Waals surface area contributed by atoms with Crippen molar-refractivity contribution in [2.75, 3.05) is 13.2 Å². The summed E-state index contributed by atoms with van der Waals surface area (Å²) in [4.78, 5) is 0. The first-order valence-corrected chi connectivity index (χ1v) is 10.1. The molecular weight excluding hydrogens is 456 g/mol. The van der Waals surface area contributed by atoms with Crippen molar-refractivity contribution in [1.82, 2.24) is 0 Å². The molecule has 0 aromatic heterocycles. The second-order valence-corrected chi connectivity index (χ2v) is 7.58. The van der Waals surface area contributed by atoms with Crippen LogP contribution >= 0.6 is 31.9 Å². The molecule has 0 saturated carbocycles. The van der Waals surface area contributed by atoms with Crippen LogP contribution in [0.3, 0.4) is 0 Å². The summed E-state index contributed by atoms with van der Waals surface area (Å²) in [6.45, 7) is 0.135. The molecule has 0 amide bonds. The second kappa shape index (κ2) is 11.4. The highest BCUT2D eigenvalue weighted by Gasteiger charge is 2.11. The van der Waals surface area contributed by atoms with Crippen molar-refractivity contribution < 1.29 is 10.2 Å². The quantitative estimate of drug-likeness (QED) is 0.547. The lowest BCUT2D eigenvalue weighted by Crippen LogP contribution is -2.02. The summed E-state index contributed by atoms with van der Waals surface area (Å²) in [6, 6.07) is 16.2. The SMILES string of the molecule is OCCC#C/C(Cc1ccccc1Br)=C(/CCO)Cc1ccccc1Br. The first-order valence-electron chi connectivity index (χ1n) is 8.54. The zero-order valence-corrected chi connectivity index (χ0v) is 17.7. The Bertz CT molecular complexity index is 816. The lowest BCUT2D eigenvalue weighted by Gasteiger charge is -2.13. The molecule has 0 unspecified atom stereocenters. The van der Waals surface area contributed by atoms with Gasteiger partial charge in [-0.05, 0) is 36.1 Å². The van der Waals surface area contributed by atoms with E-state index in [2.05, 4.69) is 55.8 Å². The first-order chi connectivity index (χ1) is 12.7. The predicted molar refractivity (Wildman–Crippen MR) is 114 cm³/mol. The molecule has 0 saturated heterocycles. The van der Waals surface area contributed by atoms with E-state index in [1.54, 1.807) is 0 Å². The van der Waals surface area contributed by atoms with Gasteiger partial charge in [0.05, 0.1) is 6.61 Å². The van der Waals surface area contributed by atoms with Gasteiger partial charge >= 0.3 is 0 Å². The van der Waals surface area contributed by atoms with Crippen molar-refractivity contribution in [2.45, 2.75) is 25.7 Å². The lowest BCUT2D eigenvalue weighted by molar-refractivity contribution is 0.298. The van der Waals surface area contributed by atoms with E-state index in [4.69, 9.17) is 5.11 Å². The summed E-state index contributed by atoms with van der Waals surface area (Å²) in [6.07, 6.45) is 2.45. The first kappa shape index (κ1) is 20.9. The molecule has 2 aromatic carbocycles. The van der Waals surface area contributed by atoms with Crippen LogP contribution in [0.4, 0.5) is 0 Å². The Morgan fingerprint density at radius 2 is 1.38 bits per heavy atom. The zero-order valence-electron chi connectivity index (χ0n) is 14.5. The van der Waals surface area contributed by atoms with Crippen molar-refractivity contribution in [1.29, 1.82) is 0 Å². The Morgan fingerprint density at radius 3 is 1.92 bits per heavy atom. The molecule has 0 bridgehead atoms. The minimum absolute atomic E-state index is 0.0505. The Morgan fingerprint density at radius 1 is 0.808 bits per heavy atom. The molecule has 136 valence electrons. The summed E-state index contributed by atoms with van der Waals surface area (Å²) >= 11 is 7.21. The molecule has 0 heterocycles. The largest absolute Gasteiger partial charge is 0.396 e. The Hall–Kier alpha value is -1.38. The van der Waals surface area contributed by atoms with Gasteiger partial charge in [0.2, 0.25) is 0 Å². The van der Waals surface area contributed by atoms with Crippen LogP contribution in [0.15, 0.2) is 68.6 Å². The topological polar surface area (TPSA) is 40.5 Å². The average molecular weight is 478 g/mol. The fourth-order valence-corrected chi connectivity index (χ4v) is 3.52. The van der Waals surface area contributed by atoms with Gasteiger partial charge in [0.15, 0.2) is 0 Å². The second-order valence-electron chi connectivity index (χ2n) is 5.87. The van der Waals surface area contributed by atoms with Gasteiger partial charge in [-0.1, -0.05) is 85.7 Å². The Balaban J connectivity index is 2.43. The van der Waals surface area contributed by atoms with Crippen molar-refractivity contribution in [2.24, 2.45) is 0 Å². The van der Waals surface area contributed by atoms with Crippen LogP contribution in [-0.4, -0.2) is 23.4 Å². The molecular formula is C22H22Br2O2. The molecule has 0 radical (unpaired) electrons. The Kier molecular flexibility index (Phi) is 9.14. The molecule has 0 aliphatic carbocycles. The molecule has 0 aliphatic heterocycles. The van der Waals surface area contributed by atoms with Gasteiger partial charge < -0.3 is 10.2 Å². The molecule has 26 heavy (non-hydrogen) atoms. The number of allylic oxidation sites excluding steroid dienone is 1. The minimum atomic E-state index is 0.0505. The third kappa shape index (κ3) is 6.41. The van der Waals surface area contributed by atoms with Crippen LogP contribution in [-0.2, 0) is 12.8 Å². The van der Waals surface area contributed by atoms with E-state index in [0.717, 1.165) is 32.1 Å². The molecule has 2 N–H and O–H groups in total. The molecule has 2 rings (SSSR count). The summed E-state index contributed by atoms with van der Waals surface area (Å²) < 4.78 is 2.10. The van der Waals surface area contributed by atoms with E-state index in [1.807, 2.05) is 36.4 Å². The summed E-state index contributed by atoms with van der Waals surface area (Å²) in [5.74, 6) is 6.29. The summed E-state index contributed by atoms with van der Waals surface area (Å²) in [5, 5.41) is 18.6. The number of benzene rings is 2. The van der Waals surface area contributed by atoms with Crippen LogP contribution in [0, 0.1) is 11.8 Å². The molecule has 2 nitrogen and oxygen atoms in total. The highest BCUT2D eigenvalue weighted by Crippen LogP contribution is 2.26.